The highest BCUT2D eigenvalue weighted by atomic mass is 32.1. The van der Waals surface area contributed by atoms with Gasteiger partial charge in [-0.05, 0) is 12.2 Å². The van der Waals surface area contributed by atoms with E-state index in [1.54, 1.807) is 0 Å². The Bertz CT molecular complexity index is 451. The normalized spacial score (nSPS) is 9.85. The lowest BCUT2D eigenvalue weighted by Gasteiger charge is -1.96. The molecule has 0 aliphatic heterocycles. The second kappa shape index (κ2) is 3.40. The van der Waals surface area contributed by atoms with Crippen LogP contribution in [0.1, 0.15) is 0 Å². The highest BCUT2D eigenvalue weighted by Gasteiger charge is 1.97. The lowest BCUT2D eigenvalue weighted by molar-refractivity contribution is 0.813. The summed E-state index contributed by atoms with van der Waals surface area (Å²) in [6, 6.07) is 9.64. The lowest BCUT2D eigenvalue weighted by Crippen LogP contribution is -1.95. The third-order valence-electron chi connectivity index (χ3n) is 1.55. The first kappa shape index (κ1) is 8.00. The summed E-state index contributed by atoms with van der Waals surface area (Å²) in [5, 5.41) is 9.87. The van der Waals surface area contributed by atoms with Gasteiger partial charge in [-0.25, -0.2) is 5.10 Å². The van der Waals surface area contributed by atoms with Crippen molar-refractivity contribution in [2.24, 2.45) is 0 Å². The average Bonchev–Trinajstić information content (AvgIpc) is 2.19. The maximum atomic E-state index is 4.79. The summed E-state index contributed by atoms with van der Waals surface area (Å²) < 4.78 is 0.248. The van der Waals surface area contributed by atoms with Crippen LogP contribution < -0.4 is 0 Å². The molecule has 1 N–H and O–H groups in total. The zero-order chi connectivity index (χ0) is 9.10. The number of benzene rings is 1. The van der Waals surface area contributed by atoms with Crippen LogP contribution in [0.2, 0.25) is 0 Å². The summed E-state index contributed by atoms with van der Waals surface area (Å²) in [7, 11) is 0. The van der Waals surface area contributed by atoms with E-state index < -0.39 is 0 Å². The Morgan fingerprint density at radius 1 is 1.15 bits per heavy atom. The molecule has 0 unspecified atom stereocenters. The monoisotopic (exact) mass is 190 g/mol. The van der Waals surface area contributed by atoms with Gasteiger partial charge in [-0.2, -0.15) is 4.98 Å². The number of hydrogen-bond acceptors (Lipinski definition) is 4. The fraction of sp³-hybridized carbons (Fsp3) is 0. The molecule has 0 fully saturated rings. The molecule has 0 amide bonds. The van der Waals surface area contributed by atoms with E-state index in [1.807, 2.05) is 30.3 Å². The Morgan fingerprint density at radius 2 is 1.92 bits per heavy atom. The van der Waals surface area contributed by atoms with Crippen molar-refractivity contribution in [3.05, 3.63) is 35.1 Å². The van der Waals surface area contributed by atoms with Crippen LogP contribution in [0.15, 0.2) is 30.3 Å². The first-order chi connectivity index (χ1) is 6.36. The van der Waals surface area contributed by atoms with Crippen LogP contribution in [0.25, 0.3) is 11.4 Å². The standard InChI is InChI=1S/C8H6N4S/c13-8-9-7(10-12-11-8)6-4-2-1-3-5-6/h1-5H,(H,9,10,11,13). The highest BCUT2D eigenvalue weighted by Crippen LogP contribution is 2.10. The van der Waals surface area contributed by atoms with Crippen LogP contribution in [0.4, 0.5) is 0 Å². The van der Waals surface area contributed by atoms with Crippen molar-refractivity contribution in [2.75, 3.05) is 0 Å². The van der Waals surface area contributed by atoms with E-state index in [1.165, 1.54) is 0 Å². The molecule has 2 aromatic rings. The van der Waals surface area contributed by atoms with E-state index in [2.05, 4.69) is 20.4 Å². The molecule has 0 aliphatic carbocycles. The summed E-state index contributed by atoms with van der Waals surface area (Å²) >= 11 is 4.79. The van der Waals surface area contributed by atoms with Gasteiger partial charge in [0.15, 0.2) is 5.82 Å². The molecule has 0 saturated heterocycles. The highest BCUT2D eigenvalue weighted by molar-refractivity contribution is 7.71. The van der Waals surface area contributed by atoms with Crippen molar-refractivity contribution < 1.29 is 0 Å². The van der Waals surface area contributed by atoms with E-state index in [0.29, 0.717) is 5.82 Å². The van der Waals surface area contributed by atoms with Crippen molar-refractivity contribution in [2.45, 2.75) is 0 Å². The molecular formula is C8H6N4S. The van der Waals surface area contributed by atoms with Gasteiger partial charge < -0.3 is 0 Å². The molecule has 1 heterocycles. The summed E-state index contributed by atoms with van der Waals surface area (Å²) in [6.45, 7) is 0. The van der Waals surface area contributed by atoms with Crippen molar-refractivity contribution in [3.63, 3.8) is 0 Å². The van der Waals surface area contributed by atoms with Gasteiger partial charge in [0.2, 0.25) is 4.77 Å². The third-order valence-corrected chi connectivity index (χ3v) is 1.72. The summed E-state index contributed by atoms with van der Waals surface area (Å²) in [5.41, 5.74) is 0.948. The number of H-pyrrole nitrogens is 1. The van der Waals surface area contributed by atoms with E-state index in [9.17, 15) is 0 Å². The zero-order valence-electron chi connectivity index (χ0n) is 6.64. The quantitative estimate of drug-likeness (QED) is 0.694. The smallest absolute Gasteiger partial charge is 0.242 e. The fourth-order valence-corrected chi connectivity index (χ4v) is 1.12. The zero-order valence-corrected chi connectivity index (χ0v) is 7.45. The molecule has 2 rings (SSSR count). The number of aromatic nitrogens is 4. The van der Waals surface area contributed by atoms with Gasteiger partial charge in [0.05, 0.1) is 0 Å². The first-order valence-corrected chi connectivity index (χ1v) is 4.12. The predicted molar refractivity (Wildman–Crippen MR) is 50.4 cm³/mol. The largest absolute Gasteiger partial charge is 0.243 e. The van der Waals surface area contributed by atoms with Crippen LogP contribution in [0, 0.1) is 4.77 Å². The number of nitrogens with zero attached hydrogens (tertiary/aromatic N) is 3. The molecule has 0 aliphatic rings. The minimum atomic E-state index is 0.248. The van der Waals surface area contributed by atoms with Gasteiger partial charge in [0.1, 0.15) is 0 Å². The van der Waals surface area contributed by atoms with Gasteiger partial charge >= 0.3 is 0 Å². The summed E-state index contributed by atoms with van der Waals surface area (Å²) in [6.07, 6.45) is 0. The molecule has 0 atom stereocenters. The molecule has 0 saturated carbocycles. The van der Waals surface area contributed by atoms with Gasteiger partial charge in [0.25, 0.3) is 0 Å². The van der Waals surface area contributed by atoms with Gasteiger partial charge in [0, 0.05) is 5.56 Å². The van der Waals surface area contributed by atoms with Crippen LogP contribution >= 0.6 is 12.2 Å². The van der Waals surface area contributed by atoms with Gasteiger partial charge in [-0.3, -0.25) is 0 Å². The van der Waals surface area contributed by atoms with E-state index in [4.69, 9.17) is 12.2 Å². The summed E-state index contributed by atoms with van der Waals surface area (Å²) in [4.78, 5) is 4.03. The maximum absolute atomic E-state index is 4.79. The van der Waals surface area contributed by atoms with E-state index in [-0.39, 0.29) is 4.77 Å². The van der Waals surface area contributed by atoms with E-state index >= 15 is 0 Å². The molecule has 0 radical (unpaired) electrons. The fourth-order valence-electron chi connectivity index (χ4n) is 0.983. The second-order valence-corrected chi connectivity index (χ2v) is 2.79. The molecule has 1 aromatic heterocycles. The number of aromatic amines is 1. The maximum Gasteiger partial charge on any atom is 0.243 e. The van der Waals surface area contributed by atoms with Crippen LogP contribution in [0.5, 0.6) is 0 Å². The molecule has 64 valence electrons. The van der Waals surface area contributed by atoms with Crippen molar-refractivity contribution >= 4 is 12.2 Å². The van der Waals surface area contributed by atoms with E-state index in [0.717, 1.165) is 5.56 Å². The number of rotatable bonds is 1. The predicted octanol–water partition coefficient (Wildman–Crippen LogP) is 1.60. The molecular weight excluding hydrogens is 184 g/mol. The topological polar surface area (TPSA) is 54.5 Å². The Balaban J connectivity index is 2.54. The SMILES string of the molecule is S=c1nn[nH]c(-c2ccccc2)n1. The molecule has 1 aromatic carbocycles. The Hall–Kier alpha value is -1.62. The Kier molecular flexibility index (Phi) is 2.09. The van der Waals surface area contributed by atoms with Crippen LogP contribution in [0.3, 0.4) is 0 Å². The Morgan fingerprint density at radius 3 is 2.62 bits per heavy atom. The van der Waals surface area contributed by atoms with Crippen LogP contribution in [-0.4, -0.2) is 20.4 Å². The average molecular weight is 190 g/mol. The molecule has 0 bridgehead atoms. The number of hydrogen-bond donors (Lipinski definition) is 1. The second-order valence-electron chi connectivity index (χ2n) is 2.42. The van der Waals surface area contributed by atoms with Gasteiger partial charge in [-0.1, -0.05) is 40.6 Å². The molecule has 4 nitrogen and oxygen atoms in total. The lowest BCUT2D eigenvalue weighted by atomic mass is 10.2. The minimum Gasteiger partial charge on any atom is -0.242 e. The van der Waals surface area contributed by atoms with Crippen molar-refractivity contribution in [1.82, 2.24) is 20.4 Å². The summed E-state index contributed by atoms with van der Waals surface area (Å²) in [5.74, 6) is 0.639. The van der Waals surface area contributed by atoms with Crippen LogP contribution in [-0.2, 0) is 0 Å². The first-order valence-electron chi connectivity index (χ1n) is 3.71. The molecule has 5 heteroatoms. The van der Waals surface area contributed by atoms with Crippen molar-refractivity contribution in [3.8, 4) is 11.4 Å². The van der Waals surface area contributed by atoms with Gasteiger partial charge in [-0.15, -0.1) is 0 Å². The third kappa shape index (κ3) is 1.75. The Labute approximate surface area is 79.7 Å². The molecule has 13 heavy (non-hydrogen) atoms. The van der Waals surface area contributed by atoms with Crippen molar-refractivity contribution in [1.29, 1.82) is 0 Å². The molecule has 0 spiro atoms. The minimum absolute atomic E-state index is 0.248. The number of nitrogens with one attached hydrogen (secondary N) is 1.